The maximum absolute atomic E-state index is 9.94. The van der Waals surface area contributed by atoms with Gasteiger partial charge in [0, 0.05) is 13.0 Å². The number of rotatable bonds is 2. The lowest BCUT2D eigenvalue weighted by Crippen LogP contribution is -1.90. The largest absolute Gasteiger partial charge is 0.448 e. The van der Waals surface area contributed by atoms with Crippen molar-refractivity contribution in [3.63, 3.8) is 0 Å². The molecule has 0 amide bonds. The highest BCUT2D eigenvalue weighted by Crippen LogP contribution is 2.14. The number of carbonyl (C=O) groups is 1. The van der Waals surface area contributed by atoms with E-state index in [4.69, 9.17) is 5.11 Å². The Morgan fingerprint density at radius 2 is 2.43 bits per heavy atom. The second-order valence-corrected chi connectivity index (χ2v) is 1.44. The van der Waals surface area contributed by atoms with Crippen molar-refractivity contribution in [1.29, 1.82) is 0 Å². The second-order valence-electron chi connectivity index (χ2n) is 1.44. The molecule has 1 aliphatic heterocycles. The first kappa shape index (κ1) is 4.59. The van der Waals surface area contributed by atoms with E-state index in [0.29, 0.717) is 6.42 Å². The van der Waals surface area contributed by atoms with Crippen LogP contribution in [0.2, 0.25) is 0 Å². The molecule has 0 bridgehead atoms. The fourth-order valence-corrected chi connectivity index (χ4v) is 0.400. The Balaban J connectivity index is 2.09. The third-order valence-corrected chi connectivity index (χ3v) is 0.855. The lowest BCUT2D eigenvalue weighted by Gasteiger charge is -1.77. The quantitative estimate of drug-likeness (QED) is 0.469. The molecule has 1 atom stereocenters. The summed E-state index contributed by atoms with van der Waals surface area (Å²) in [5, 5.41) is 8.16. The van der Waals surface area contributed by atoms with E-state index in [9.17, 15) is 4.79 Å². The minimum atomic E-state index is -0.273. The standard InChI is InChI=1S/C4H6O3/c5-2-1-3-4(6)7-3/h3,5H,1-2H2. The highest BCUT2D eigenvalue weighted by molar-refractivity contribution is 5.87. The molecule has 40 valence electrons. The van der Waals surface area contributed by atoms with Crippen molar-refractivity contribution >= 4 is 5.97 Å². The highest BCUT2D eigenvalue weighted by Gasteiger charge is 2.36. The van der Waals surface area contributed by atoms with Crippen molar-refractivity contribution in [1.82, 2.24) is 0 Å². The Morgan fingerprint density at radius 3 is 2.57 bits per heavy atom. The molecule has 0 aromatic rings. The lowest BCUT2D eigenvalue weighted by molar-refractivity contribution is -0.117. The maximum Gasteiger partial charge on any atom is 0.348 e. The fourth-order valence-electron chi connectivity index (χ4n) is 0.400. The van der Waals surface area contributed by atoms with Crippen LogP contribution in [-0.4, -0.2) is 23.8 Å². The number of aliphatic hydroxyl groups excluding tert-OH is 1. The van der Waals surface area contributed by atoms with Crippen molar-refractivity contribution in [3.8, 4) is 0 Å². The van der Waals surface area contributed by atoms with Crippen LogP contribution in [0, 0.1) is 0 Å². The molecular weight excluding hydrogens is 96.0 g/mol. The molecule has 1 rings (SSSR count). The van der Waals surface area contributed by atoms with Gasteiger partial charge in [-0.2, -0.15) is 0 Å². The number of hydrogen-bond acceptors (Lipinski definition) is 3. The second kappa shape index (κ2) is 1.50. The van der Waals surface area contributed by atoms with E-state index in [1.54, 1.807) is 0 Å². The molecule has 1 fully saturated rings. The Morgan fingerprint density at radius 1 is 1.86 bits per heavy atom. The molecule has 0 aliphatic carbocycles. The molecular formula is C4H6O3. The summed E-state index contributed by atoms with van der Waals surface area (Å²) in [4.78, 5) is 9.94. The molecule has 0 spiro atoms. The first-order chi connectivity index (χ1) is 3.34. The number of ether oxygens (including phenoxy) is 1. The zero-order valence-corrected chi connectivity index (χ0v) is 3.76. The molecule has 1 aliphatic rings. The van der Waals surface area contributed by atoms with Gasteiger partial charge in [0.15, 0.2) is 0 Å². The van der Waals surface area contributed by atoms with Gasteiger partial charge in [-0.25, -0.2) is 4.79 Å². The minimum absolute atomic E-state index is 0.0381. The SMILES string of the molecule is O=C1OC1CCO. The normalized spacial score (nSPS) is 27.0. The zero-order chi connectivity index (χ0) is 5.28. The van der Waals surface area contributed by atoms with Crippen LogP contribution in [0.25, 0.3) is 0 Å². The molecule has 7 heavy (non-hydrogen) atoms. The predicted octanol–water partition coefficient (Wildman–Crippen LogP) is -0.706. The summed E-state index contributed by atoms with van der Waals surface area (Å²) in [5.41, 5.74) is 0. The summed E-state index contributed by atoms with van der Waals surface area (Å²) < 4.78 is 4.36. The van der Waals surface area contributed by atoms with Gasteiger partial charge in [-0.3, -0.25) is 0 Å². The van der Waals surface area contributed by atoms with Gasteiger partial charge < -0.3 is 9.84 Å². The van der Waals surface area contributed by atoms with Crippen LogP contribution in [-0.2, 0) is 9.53 Å². The minimum Gasteiger partial charge on any atom is -0.448 e. The lowest BCUT2D eigenvalue weighted by atomic mass is 10.3. The van der Waals surface area contributed by atoms with E-state index in [2.05, 4.69) is 4.74 Å². The molecule has 1 N–H and O–H groups in total. The van der Waals surface area contributed by atoms with Gasteiger partial charge in [0.25, 0.3) is 0 Å². The summed E-state index contributed by atoms with van der Waals surface area (Å²) in [6.45, 7) is 0.0381. The van der Waals surface area contributed by atoms with E-state index >= 15 is 0 Å². The number of aliphatic hydroxyl groups is 1. The maximum atomic E-state index is 9.94. The molecule has 1 heterocycles. The average Bonchev–Trinajstić information content (AvgIpc) is 2.22. The molecule has 0 radical (unpaired) electrons. The topological polar surface area (TPSA) is 49.8 Å². The van der Waals surface area contributed by atoms with Gasteiger partial charge in [0.05, 0.1) is 0 Å². The Kier molecular flexibility index (Phi) is 0.982. The van der Waals surface area contributed by atoms with Crippen molar-refractivity contribution < 1.29 is 14.6 Å². The molecule has 0 aromatic carbocycles. The predicted molar refractivity (Wildman–Crippen MR) is 21.6 cm³/mol. The van der Waals surface area contributed by atoms with E-state index in [1.807, 2.05) is 0 Å². The molecule has 3 heteroatoms. The van der Waals surface area contributed by atoms with E-state index in [1.165, 1.54) is 0 Å². The van der Waals surface area contributed by atoms with Crippen LogP contribution in [0.1, 0.15) is 6.42 Å². The summed E-state index contributed by atoms with van der Waals surface area (Å²) in [6, 6.07) is 0. The van der Waals surface area contributed by atoms with E-state index < -0.39 is 0 Å². The Labute approximate surface area is 40.9 Å². The van der Waals surface area contributed by atoms with Gasteiger partial charge in [-0.05, 0) is 0 Å². The highest BCUT2D eigenvalue weighted by atomic mass is 16.6. The van der Waals surface area contributed by atoms with Gasteiger partial charge in [-0.1, -0.05) is 0 Å². The van der Waals surface area contributed by atoms with Crippen LogP contribution >= 0.6 is 0 Å². The summed E-state index contributed by atoms with van der Waals surface area (Å²) in [7, 11) is 0. The van der Waals surface area contributed by atoms with Gasteiger partial charge in [0.1, 0.15) is 0 Å². The fraction of sp³-hybridized carbons (Fsp3) is 0.750. The first-order valence-electron chi connectivity index (χ1n) is 2.16. The Bertz CT molecular complexity index is 88.9. The molecule has 0 aromatic heterocycles. The van der Waals surface area contributed by atoms with Gasteiger partial charge in [0.2, 0.25) is 6.10 Å². The zero-order valence-electron chi connectivity index (χ0n) is 3.76. The monoisotopic (exact) mass is 102 g/mol. The van der Waals surface area contributed by atoms with Gasteiger partial charge >= 0.3 is 5.97 Å². The molecule has 1 saturated heterocycles. The van der Waals surface area contributed by atoms with E-state index in [0.717, 1.165) is 0 Å². The summed E-state index contributed by atoms with van der Waals surface area (Å²) in [5.74, 6) is -0.186. The number of hydrogen-bond donors (Lipinski definition) is 1. The molecule has 0 saturated carbocycles. The van der Waals surface area contributed by atoms with Crippen LogP contribution in [0.3, 0.4) is 0 Å². The van der Waals surface area contributed by atoms with E-state index in [-0.39, 0.29) is 18.7 Å². The van der Waals surface area contributed by atoms with Crippen LogP contribution in [0.4, 0.5) is 0 Å². The summed E-state index contributed by atoms with van der Waals surface area (Å²) in [6.07, 6.45) is 0.184. The van der Waals surface area contributed by atoms with Crippen molar-refractivity contribution in [3.05, 3.63) is 0 Å². The van der Waals surface area contributed by atoms with Crippen molar-refractivity contribution in [2.24, 2.45) is 0 Å². The number of carbonyl (C=O) groups excluding carboxylic acids is 1. The third-order valence-electron chi connectivity index (χ3n) is 0.855. The van der Waals surface area contributed by atoms with Gasteiger partial charge in [-0.15, -0.1) is 0 Å². The average molecular weight is 102 g/mol. The third kappa shape index (κ3) is 0.899. The van der Waals surface area contributed by atoms with Crippen LogP contribution in [0.15, 0.2) is 0 Å². The first-order valence-corrected chi connectivity index (χ1v) is 2.16. The number of epoxide rings is 1. The molecule has 1 unspecified atom stereocenters. The molecule has 3 nitrogen and oxygen atoms in total. The Hall–Kier alpha value is -0.570. The smallest absolute Gasteiger partial charge is 0.348 e. The van der Waals surface area contributed by atoms with Crippen molar-refractivity contribution in [2.75, 3.05) is 6.61 Å². The summed E-state index contributed by atoms with van der Waals surface area (Å²) >= 11 is 0. The number of cyclic esters (lactones) is 1. The van der Waals surface area contributed by atoms with Crippen molar-refractivity contribution in [2.45, 2.75) is 12.5 Å². The van der Waals surface area contributed by atoms with Crippen LogP contribution < -0.4 is 0 Å². The van der Waals surface area contributed by atoms with Crippen LogP contribution in [0.5, 0.6) is 0 Å².